The van der Waals surface area contributed by atoms with E-state index in [9.17, 15) is 0 Å². The van der Waals surface area contributed by atoms with Crippen molar-refractivity contribution in [2.75, 3.05) is 0 Å². The standard InChI is InChI=1S/C11H16N4O2/c1-4-15-6-9(5-12-15)16-7-10-13-11(8(2)3)14-17-10/h5-6,8H,4,7H2,1-3H3. The first-order chi connectivity index (χ1) is 8.19. The van der Waals surface area contributed by atoms with Crippen molar-refractivity contribution in [3.63, 3.8) is 0 Å². The van der Waals surface area contributed by atoms with Crippen molar-refractivity contribution in [3.05, 3.63) is 24.1 Å². The van der Waals surface area contributed by atoms with E-state index < -0.39 is 0 Å². The van der Waals surface area contributed by atoms with Gasteiger partial charge in [0.1, 0.15) is 0 Å². The minimum atomic E-state index is 0.260. The van der Waals surface area contributed by atoms with Crippen molar-refractivity contribution in [1.82, 2.24) is 19.9 Å². The highest BCUT2D eigenvalue weighted by Gasteiger charge is 2.10. The number of aryl methyl sites for hydroxylation is 1. The van der Waals surface area contributed by atoms with Crippen molar-refractivity contribution in [3.8, 4) is 5.75 Å². The summed E-state index contributed by atoms with van der Waals surface area (Å²) in [5.74, 6) is 2.15. The van der Waals surface area contributed by atoms with Crippen molar-refractivity contribution >= 4 is 0 Å². The van der Waals surface area contributed by atoms with Gasteiger partial charge in [-0.15, -0.1) is 0 Å². The molecular formula is C11H16N4O2. The fourth-order valence-electron chi connectivity index (χ4n) is 1.30. The molecule has 2 heterocycles. The molecule has 0 N–H and O–H groups in total. The minimum absolute atomic E-state index is 0.260. The molecule has 2 aromatic rings. The zero-order valence-electron chi connectivity index (χ0n) is 10.3. The maximum Gasteiger partial charge on any atom is 0.264 e. The lowest BCUT2D eigenvalue weighted by Gasteiger charge is -1.97. The van der Waals surface area contributed by atoms with Gasteiger partial charge in [0.15, 0.2) is 18.2 Å². The third-order valence-electron chi connectivity index (χ3n) is 2.30. The van der Waals surface area contributed by atoms with E-state index in [0.717, 1.165) is 6.54 Å². The fraction of sp³-hybridized carbons (Fsp3) is 0.545. The lowest BCUT2D eigenvalue weighted by atomic mass is 10.2. The summed E-state index contributed by atoms with van der Waals surface area (Å²) in [5, 5.41) is 7.97. The highest BCUT2D eigenvalue weighted by Crippen LogP contribution is 2.13. The number of ether oxygens (including phenoxy) is 1. The molecule has 92 valence electrons. The Morgan fingerprint density at radius 2 is 2.29 bits per heavy atom. The van der Waals surface area contributed by atoms with Gasteiger partial charge in [-0.2, -0.15) is 10.1 Å². The van der Waals surface area contributed by atoms with Crippen LogP contribution in [-0.4, -0.2) is 19.9 Å². The quantitative estimate of drug-likeness (QED) is 0.794. The van der Waals surface area contributed by atoms with Gasteiger partial charge >= 0.3 is 0 Å². The molecule has 2 aromatic heterocycles. The van der Waals surface area contributed by atoms with Gasteiger partial charge in [0.05, 0.1) is 12.4 Å². The van der Waals surface area contributed by atoms with Crippen LogP contribution in [0.5, 0.6) is 5.75 Å². The lowest BCUT2D eigenvalue weighted by Crippen LogP contribution is -1.96. The predicted octanol–water partition coefficient (Wildman–Crippen LogP) is 1.99. The predicted molar refractivity (Wildman–Crippen MR) is 60.6 cm³/mol. The monoisotopic (exact) mass is 236 g/mol. The number of nitrogens with zero attached hydrogens (tertiary/aromatic N) is 4. The zero-order valence-corrected chi connectivity index (χ0v) is 10.3. The largest absolute Gasteiger partial charge is 0.480 e. The fourth-order valence-corrected chi connectivity index (χ4v) is 1.30. The van der Waals surface area contributed by atoms with Gasteiger partial charge < -0.3 is 9.26 Å². The van der Waals surface area contributed by atoms with E-state index in [4.69, 9.17) is 9.26 Å². The Bertz CT molecular complexity index is 475. The summed E-state index contributed by atoms with van der Waals surface area (Å²) in [6, 6.07) is 0. The van der Waals surface area contributed by atoms with Gasteiger partial charge in [-0.05, 0) is 6.92 Å². The van der Waals surface area contributed by atoms with E-state index in [1.807, 2.05) is 27.0 Å². The summed E-state index contributed by atoms with van der Waals surface area (Å²) in [6.45, 7) is 7.14. The van der Waals surface area contributed by atoms with Crippen LogP contribution in [0, 0.1) is 0 Å². The molecule has 0 bridgehead atoms. The molecule has 2 rings (SSSR count). The van der Waals surface area contributed by atoms with E-state index >= 15 is 0 Å². The number of hydrogen-bond acceptors (Lipinski definition) is 5. The molecule has 0 spiro atoms. The molecule has 0 saturated heterocycles. The molecule has 17 heavy (non-hydrogen) atoms. The van der Waals surface area contributed by atoms with Crippen LogP contribution in [0.3, 0.4) is 0 Å². The molecule has 0 saturated carbocycles. The first-order valence-corrected chi connectivity index (χ1v) is 5.66. The Balaban J connectivity index is 1.92. The Kier molecular flexibility index (Phi) is 3.41. The number of aromatic nitrogens is 4. The third kappa shape index (κ3) is 2.83. The first kappa shape index (κ1) is 11.6. The van der Waals surface area contributed by atoms with Gasteiger partial charge in [-0.25, -0.2) is 0 Å². The van der Waals surface area contributed by atoms with Gasteiger partial charge in [0, 0.05) is 12.5 Å². The summed E-state index contributed by atoms with van der Waals surface area (Å²) in [4.78, 5) is 4.22. The SMILES string of the molecule is CCn1cc(OCc2nc(C(C)C)no2)cn1. The average Bonchev–Trinajstić information content (AvgIpc) is 2.95. The van der Waals surface area contributed by atoms with Gasteiger partial charge in [0.2, 0.25) is 0 Å². The van der Waals surface area contributed by atoms with Crippen molar-refractivity contribution < 1.29 is 9.26 Å². The Morgan fingerprint density at radius 3 is 2.88 bits per heavy atom. The highest BCUT2D eigenvalue weighted by atomic mass is 16.5. The van der Waals surface area contributed by atoms with Gasteiger partial charge in [-0.3, -0.25) is 4.68 Å². The van der Waals surface area contributed by atoms with Gasteiger partial charge in [0.25, 0.3) is 5.89 Å². The molecule has 0 aliphatic heterocycles. The van der Waals surface area contributed by atoms with Crippen LogP contribution in [0.1, 0.15) is 38.4 Å². The van der Waals surface area contributed by atoms with E-state index in [1.54, 1.807) is 10.9 Å². The van der Waals surface area contributed by atoms with E-state index in [2.05, 4.69) is 15.2 Å². The van der Waals surface area contributed by atoms with Crippen LogP contribution in [0.25, 0.3) is 0 Å². The average molecular weight is 236 g/mol. The van der Waals surface area contributed by atoms with Crippen LogP contribution in [-0.2, 0) is 13.2 Å². The summed E-state index contributed by atoms with van der Waals surface area (Å²) in [7, 11) is 0. The Hall–Kier alpha value is -1.85. The second kappa shape index (κ2) is 4.99. The molecule has 6 nitrogen and oxygen atoms in total. The lowest BCUT2D eigenvalue weighted by molar-refractivity contribution is 0.242. The van der Waals surface area contributed by atoms with Crippen LogP contribution in [0.15, 0.2) is 16.9 Å². The Labute approximate surface area is 99.6 Å². The Morgan fingerprint density at radius 1 is 1.47 bits per heavy atom. The molecule has 0 aliphatic carbocycles. The second-order valence-corrected chi connectivity index (χ2v) is 4.02. The van der Waals surface area contributed by atoms with Crippen LogP contribution in [0.4, 0.5) is 0 Å². The maximum absolute atomic E-state index is 5.49. The van der Waals surface area contributed by atoms with E-state index in [-0.39, 0.29) is 12.5 Å². The van der Waals surface area contributed by atoms with E-state index in [1.165, 1.54) is 0 Å². The number of hydrogen-bond donors (Lipinski definition) is 0. The summed E-state index contributed by atoms with van der Waals surface area (Å²) in [5.41, 5.74) is 0. The van der Waals surface area contributed by atoms with Crippen LogP contribution >= 0.6 is 0 Å². The molecule has 0 aromatic carbocycles. The molecule has 0 amide bonds. The molecule has 0 aliphatic rings. The first-order valence-electron chi connectivity index (χ1n) is 5.66. The molecule has 6 heteroatoms. The topological polar surface area (TPSA) is 66.0 Å². The molecular weight excluding hydrogens is 220 g/mol. The number of rotatable bonds is 5. The highest BCUT2D eigenvalue weighted by molar-refractivity contribution is 5.11. The van der Waals surface area contributed by atoms with Gasteiger partial charge in [-0.1, -0.05) is 19.0 Å². The summed E-state index contributed by atoms with van der Waals surface area (Å²) >= 11 is 0. The molecule has 0 radical (unpaired) electrons. The van der Waals surface area contributed by atoms with Crippen molar-refractivity contribution in [2.45, 2.75) is 39.8 Å². The van der Waals surface area contributed by atoms with Crippen LogP contribution < -0.4 is 4.74 Å². The molecule has 0 fully saturated rings. The zero-order chi connectivity index (χ0) is 12.3. The van der Waals surface area contributed by atoms with Crippen molar-refractivity contribution in [2.24, 2.45) is 0 Å². The smallest absolute Gasteiger partial charge is 0.264 e. The second-order valence-electron chi connectivity index (χ2n) is 4.02. The van der Waals surface area contributed by atoms with E-state index in [0.29, 0.717) is 17.5 Å². The summed E-state index contributed by atoms with van der Waals surface area (Å²) < 4.78 is 12.3. The maximum atomic E-state index is 5.49. The summed E-state index contributed by atoms with van der Waals surface area (Å²) in [6.07, 6.45) is 3.50. The molecule has 0 atom stereocenters. The van der Waals surface area contributed by atoms with Crippen LogP contribution in [0.2, 0.25) is 0 Å². The third-order valence-corrected chi connectivity index (χ3v) is 2.30. The molecule has 0 unspecified atom stereocenters. The van der Waals surface area contributed by atoms with Crippen molar-refractivity contribution in [1.29, 1.82) is 0 Å². The normalized spacial score (nSPS) is 11.1. The minimum Gasteiger partial charge on any atom is -0.480 e.